The molecule has 6 heteroatoms. The lowest BCUT2D eigenvalue weighted by atomic mass is 9.97. The van der Waals surface area contributed by atoms with Crippen LogP contribution in [0.2, 0.25) is 0 Å². The van der Waals surface area contributed by atoms with E-state index in [2.05, 4.69) is 10.4 Å². The first-order valence-electron chi connectivity index (χ1n) is 11.1. The molecule has 4 rings (SSSR count). The maximum atomic E-state index is 13.3. The van der Waals surface area contributed by atoms with Gasteiger partial charge in [0.2, 0.25) is 0 Å². The molecule has 0 fully saturated rings. The molecule has 0 aliphatic rings. The average Bonchev–Trinajstić information content (AvgIpc) is 3.11. The number of anilines is 1. The number of hydrogen-bond donors (Lipinski definition) is 1. The number of carbonyl (C=O) groups excluding carboxylic acids is 2. The quantitative estimate of drug-likeness (QED) is 0.383. The van der Waals surface area contributed by atoms with Crippen LogP contribution in [0.4, 0.5) is 5.69 Å². The summed E-state index contributed by atoms with van der Waals surface area (Å²) >= 11 is 0. The monoisotopic (exact) mass is 453 g/mol. The Morgan fingerprint density at radius 3 is 2.32 bits per heavy atom. The second-order valence-corrected chi connectivity index (χ2v) is 8.25. The Labute approximate surface area is 199 Å². The van der Waals surface area contributed by atoms with Crippen LogP contribution in [-0.2, 0) is 6.54 Å². The van der Waals surface area contributed by atoms with Crippen molar-refractivity contribution in [1.82, 2.24) is 9.78 Å². The summed E-state index contributed by atoms with van der Waals surface area (Å²) in [4.78, 5) is 26.4. The molecule has 0 saturated carbocycles. The zero-order valence-corrected chi connectivity index (χ0v) is 19.8. The van der Waals surface area contributed by atoms with E-state index in [4.69, 9.17) is 4.74 Å². The van der Waals surface area contributed by atoms with E-state index in [1.165, 1.54) is 0 Å². The van der Waals surface area contributed by atoms with E-state index in [1.54, 1.807) is 43.5 Å². The Morgan fingerprint density at radius 1 is 0.912 bits per heavy atom. The van der Waals surface area contributed by atoms with Gasteiger partial charge in [-0.25, -0.2) is 0 Å². The standard InChI is InChI=1S/C28H27N3O3/c1-18-12-14-22(15-13-18)27(32)24-10-5-6-11-25(24)28(33)29-26-19(2)30-31(20(26)3)17-21-8-7-9-23(16-21)34-4/h5-16H,17H2,1-4H3,(H,29,33). The molecule has 0 spiro atoms. The third-order valence-corrected chi connectivity index (χ3v) is 5.82. The van der Waals surface area contributed by atoms with E-state index in [9.17, 15) is 9.59 Å². The number of nitrogens with zero attached hydrogens (tertiary/aromatic N) is 2. The highest BCUT2D eigenvalue weighted by molar-refractivity contribution is 6.17. The molecule has 1 N–H and O–H groups in total. The Morgan fingerprint density at radius 2 is 1.62 bits per heavy atom. The van der Waals surface area contributed by atoms with Crippen molar-refractivity contribution in [3.63, 3.8) is 0 Å². The van der Waals surface area contributed by atoms with Gasteiger partial charge in [0, 0.05) is 11.1 Å². The number of aromatic nitrogens is 2. The van der Waals surface area contributed by atoms with Crippen molar-refractivity contribution in [1.29, 1.82) is 0 Å². The van der Waals surface area contributed by atoms with Gasteiger partial charge in [-0.2, -0.15) is 5.10 Å². The van der Waals surface area contributed by atoms with Crippen LogP contribution >= 0.6 is 0 Å². The van der Waals surface area contributed by atoms with Crippen molar-refractivity contribution in [2.45, 2.75) is 27.3 Å². The van der Waals surface area contributed by atoms with Crippen LogP contribution in [0, 0.1) is 20.8 Å². The maximum Gasteiger partial charge on any atom is 0.256 e. The second kappa shape index (κ2) is 9.75. The summed E-state index contributed by atoms with van der Waals surface area (Å²) < 4.78 is 7.16. The van der Waals surface area contributed by atoms with Gasteiger partial charge >= 0.3 is 0 Å². The lowest BCUT2D eigenvalue weighted by molar-refractivity contribution is 0.0996. The number of rotatable bonds is 7. The van der Waals surface area contributed by atoms with E-state index in [0.717, 1.165) is 22.6 Å². The van der Waals surface area contributed by atoms with E-state index >= 15 is 0 Å². The van der Waals surface area contributed by atoms with E-state index < -0.39 is 0 Å². The van der Waals surface area contributed by atoms with Crippen LogP contribution in [0.1, 0.15) is 48.8 Å². The molecule has 0 aliphatic carbocycles. The van der Waals surface area contributed by atoms with Crippen LogP contribution in [0.15, 0.2) is 72.8 Å². The highest BCUT2D eigenvalue weighted by Gasteiger charge is 2.21. The average molecular weight is 454 g/mol. The third kappa shape index (κ3) is 4.76. The highest BCUT2D eigenvalue weighted by Crippen LogP contribution is 2.24. The summed E-state index contributed by atoms with van der Waals surface area (Å²) in [5.74, 6) is 0.249. The van der Waals surface area contributed by atoms with Crippen molar-refractivity contribution in [2.24, 2.45) is 0 Å². The first-order chi connectivity index (χ1) is 16.4. The fourth-order valence-electron chi connectivity index (χ4n) is 3.90. The first-order valence-corrected chi connectivity index (χ1v) is 11.1. The van der Waals surface area contributed by atoms with Crippen LogP contribution in [0.25, 0.3) is 0 Å². The van der Waals surface area contributed by atoms with Gasteiger partial charge in [0.15, 0.2) is 5.78 Å². The van der Waals surface area contributed by atoms with Crippen molar-refractivity contribution >= 4 is 17.4 Å². The van der Waals surface area contributed by atoms with Gasteiger partial charge in [0.1, 0.15) is 5.75 Å². The molecule has 0 radical (unpaired) electrons. The SMILES string of the molecule is COc1cccc(Cn2nc(C)c(NC(=O)c3ccccc3C(=O)c3ccc(C)cc3)c2C)c1. The maximum absolute atomic E-state index is 13.3. The zero-order chi connectivity index (χ0) is 24.2. The Bertz CT molecular complexity index is 1350. The van der Waals surface area contributed by atoms with Gasteiger partial charge in [0.05, 0.1) is 36.3 Å². The molecule has 1 amide bonds. The van der Waals surface area contributed by atoms with Crippen LogP contribution < -0.4 is 10.1 Å². The van der Waals surface area contributed by atoms with Crippen molar-refractivity contribution in [3.05, 3.63) is 112 Å². The molecule has 0 unspecified atom stereocenters. The summed E-state index contributed by atoms with van der Waals surface area (Å²) in [6.07, 6.45) is 0. The minimum absolute atomic E-state index is 0.187. The van der Waals surface area contributed by atoms with E-state index in [-0.39, 0.29) is 11.7 Å². The number of ketones is 1. The van der Waals surface area contributed by atoms with Gasteiger partial charge in [-0.3, -0.25) is 14.3 Å². The molecule has 3 aromatic carbocycles. The van der Waals surface area contributed by atoms with Crippen LogP contribution in [-0.4, -0.2) is 28.6 Å². The van der Waals surface area contributed by atoms with Crippen molar-refractivity contribution < 1.29 is 14.3 Å². The normalized spacial score (nSPS) is 10.7. The lowest BCUT2D eigenvalue weighted by Gasteiger charge is -2.11. The molecule has 1 heterocycles. The molecule has 172 valence electrons. The van der Waals surface area contributed by atoms with Gasteiger partial charge in [-0.05, 0) is 44.5 Å². The number of ether oxygens (including phenoxy) is 1. The smallest absolute Gasteiger partial charge is 0.256 e. The molecule has 6 nitrogen and oxygen atoms in total. The molecule has 34 heavy (non-hydrogen) atoms. The summed E-state index contributed by atoms with van der Waals surface area (Å²) in [6.45, 7) is 6.28. The van der Waals surface area contributed by atoms with Gasteiger partial charge in [-0.15, -0.1) is 0 Å². The summed E-state index contributed by atoms with van der Waals surface area (Å²) in [5, 5.41) is 7.60. The van der Waals surface area contributed by atoms with Crippen molar-refractivity contribution in [2.75, 3.05) is 12.4 Å². The second-order valence-electron chi connectivity index (χ2n) is 8.25. The van der Waals surface area contributed by atoms with E-state index in [1.807, 2.05) is 61.9 Å². The number of hydrogen-bond acceptors (Lipinski definition) is 4. The molecule has 4 aromatic rings. The minimum Gasteiger partial charge on any atom is -0.497 e. The molecule has 0 saturated heterocycles. The predicted molar refractivity (Wildman–Crippen MR) is 133 cm³/mol. The highest BCUT2D eigenvalue weighted by atomic mass is 16.5. The van der Waals surface area contributed by atoms with Gasteiger partial charge in [-0.1, -0.05) is 60.2 Å². The number of aryl methyl sites for hydroxylation is 2. The lowest BCUT2D eigenvalue weighted by Crippen LogP contribution is -2.18. The molecule has 0 atom stereocenters. The number of nitrogens with one attached hydrogen (secondary N) is 1. The fourth-order valence-corrected chi connectivity index (χ4v) is 3.90. The largest absolute Gasteiger partial charge is 0.497 e. The summed E-state index contributed by atoms with van der Waals surface area (Å²) in [6, 6.07) is 22.0. The number of carbonyl (C=O) groups is 2. The Hall–Kier alpha value is -4.19. The number of amides is 1. The van der Waals surface area contributed by atoms with Crippen LogP contribution in [0.5, 0.6) is 5.75 Å². The van der Waals surface area contributed by atoms with Crippen molar-refractivity contribution in [3.8, 4) is 5.75 Å². The van der Waals surface area contributed by atoms with E-state index in [0.29, 0.717) is 34.6 Å². The number of benzene rings is 3. The van der Waals surface area contributed by atoms with Gasteiger partial charge < -0.3 is 10.1 Å². The summed E-state index contributed by atoms with van der Waals surface area (Å²) in [7, 11) is 1.64. The van der Waals surface area contributed by atoms with Crippen LogP contribution in [0.3, 0.4) is 0 Å². The topological polar surface area (TPSA) is 73.2 Å². The fraction of sp³-hybridized carbons (Fsp3) is 0.179. The first kappa shape index (κ1) is 23.0. The minimum atomic E-state index is -0.344. The van der Waals surface area contributed by atoms with Gasteiger partial charge in [0.25, 0.3) is 5.91 Å². The number of methoxy groups -OCH3 is 1. The third-order valence-electron chi connectivity index (χ3n) is 5.82. The molecular weight excluding hydrogens is 426 g/mol. The Kier molecular flexibility index (Phi) is 6.59. The zero-order valence-electron chi connectivity index (χ0n) is 19.8. The molecular formula is C28H27N3O3. The Balaban J connectivity index is 1.59. The summed E-state index contributed by atoms with van der Waals surface area (Å²) in [5.41, 5.74) is 5.52. The molecule has 1 aromatic heterocycles. The predicted octanol–water partition coefficient (Wildman–Crippen LogP) is 5.35. The molecule has 0 bridgehead atoms. The molecule has 0 aliphatic heterocycles.